The molecule has 0 radical (unpaired) electrons. The molecule has 29 heavy (non-hydrogen) atoms. The van der Waals surface area contributed by atoms with Gasteiger partial charge in [0.05, 0.1) is 21.3 Å². The second kappa shape index (κ2) is 9.24. The molecule has 0 spiro atoms. The highest BCUT2D eigenvalue weighted by atomic mass is 35.5. The Morgan fingerprint density at radius 1 is 0.931 bits per heavy atom. The summed E-state index contributed by atoms with van der Waals surface area (Å²) in [5.74, 6) is -0.184. The number of carbonyl (C=O) groups is 2. The molecule has 1 heterocycles. The number of benzene rings is 2. The molecule has 1 aliphatic rings. The minimum atomic E-state index is -0.359. The number of anilines is 2. The van der Waals surface area contributed by atoms with Crippen molar-refractivity contribution in [1.82, 2.24) is 4.90 Å². The molecule has 3 rings (SSSR count). The Morgan fingerprint density at radius 3 is 2.24 bits per heavy atom. The first kappa shape index (κ1) is 21.8. The van der Waals surface area contributed by atoms with E-state index in [1.165, 1.54) is 6.07 Å². The van der Waals surface area contributed by atoms with Gasteiger partial charge in [0.15, 0.2) is 0 Å². The highest BCUT2D eigenvalue weighted by Crippen LogP contribution is 2.30. The van der Waals surface area contributed by atoms with E-state index in [4.69, 9.17) is 34.8 Å². The van der Waals surface area contributed by atoms with Gasteiger partial charge in [0.25, 0.3) is 5.91 Å². The molecule has 2 aromatic carbocycles. The fraction of sp³-hybridized carbons (Fsp3) is 0.333. The van der Waals surface area contributed by atoms with E-state index in [-0.39, 0.29) is 17.7 Å². The maximum atomic E-state index is 12.5. The van der Waals surface area contributed by atoms with E-state index in [2.05, 4.69) is 10.2 Å². The van der Waals surface area contributed by atoms with Gasteiger partial charge in [0.2, 0.25) is 5.91 Å². The van der Waals surface area contributed by atoms with Gasteiger partial charge in [-0.25, -0.2) is 0 Å². The normalized spacial score (nSPS) is 14.3. The summed E-state index contributed by atoms with van der Waals surface area (Å²) in [5.41, 5.74) is 1.74. The first-order valence-electron chi connectivity index (χ1n) is 9.36. The standard InChI is InChI=1S/C21H22Cl3N3O2/c1-13(2)21(29)27-9-7-26(8-10-27)19-6-4-15(12-18(19)24)25-20(28)16-11-14(22)3-5-17(16)23/h3-6,11-13H,7-10H2,1-2H3,(H,25,28). The fourth-order valence-electron chi connectivity index (χ4n) is 3.24. The molecule has 0 bridgehead atoms. The first-order chi connectivity index (χ1) is 13.8. The number of hydrogen-bond acceptors (Lipinski definition) is 3. The number of rotatable bonds is 4. The van der Waals surface area contributed by atoms with Crippen LogP contribution in [0.25, 0.3) is 0 Å². The topological polar surface area (TPSA) is 52.7 Å². The number of nitrogens with zero attached hydrogens (tertiary/aromatic N) is 2. The molecule has 1 aliphatic heterocycles. The van der Waals surface area contributed by atoms with Gasteiger partial charge in [-0.3, -0.25) is 9.59 Å². The van der Waals surface area contributed by atoms with Crippen molar-refractivity contribution in [3.8, 4) is 0 Å². The summed E-state index contributed by atoms with van der Waals surface area (Å²) in [5, 5.41) is 4.08. The van der Waals surface area contributed by atoms with Crippen molar-refractivity contribution in [2.24, 2.45) is 5.92 Å². The maximum Gasteiger partial charge on any atom is 0.257 e. The van der Waals surface area contributed by atoms with Gasteiger partial charge in [-0.05, 0) is 36.4 Å². The van der Waals surface area contributed by atoms with Crippen LogP contribution in [-0.2, 0) is 4.79 Å². The molecule has 8 heteroatoms. The third kappa shape index (κ3) is 5.16. The number of hydrogen-bond donors (Lipinski definition) is 1. The molecule has 2 aromatic rings. The van der Waals surface area contributed by atoms with Gasteiger partial charge in [-0.2, -0.15) is 0 Å². The van der Waals surface area contributed by atoms with Gasteiger partial charge in [-0.1, -0.05) is 48.7 Å². The molecule has 154 valence electrons. The lowest BCUT2D eigenvalue weighted by Gasteiger charge is -2.37. The Bertz CT molecular complexity index is 925. The molecule has 1 N–H and O–H groups in total. The van der Waals surface area contributed by atoms with Crippen LogP contribution in [0.4, 0.5) is 11.4 Å². The summed E-state index contributed by atoms with van der Waals surface area (Å²) in [6.07, 6.45) is 0. The van der Waals surface area contributed by atoms with Gasteiger partial charge >= 0.3 is 0 Å². The maximum absolute atomic E-state index is 12.5. The predicted octanol–water partition coefficient (Wildman–Crippen LogP) is 5.20. The number of amides is 2. The van der Waals surface area contributed by atoms with Crippen LogP contribution in [0.5, 0.6) is 0 Å². The number of nitrogens with one attached hydrogen (secondary N) is 1. The monoisotopic (exact) mass is 453 g/mol. The summed E-state index contributed by atoms with van der Waals surface area (Å²) < 4.78 is 0. The molecule has 1 fully saturated rings. The lowest BCUT2D eigenvalue weighted by Crippen LogP contribution is -2.50. The fourth-order valence-corrected chi connectivity index (χ4v) is 3.92. The van der Waals surface area contributed by atoms with Crippen LogP contribution in [0.15, 0.2) is 36.4 Å². The summed E-state index contributed by atoms with van der Waals surface area (Å²) >= 11 is 18.5. The van der Waals surface area contributed by atoms with E-state index in [1.807, 2.05) is 24.8 Å². The SMILES string of the molecule is CC(C)C(=O)N1CCN(c2ccc(NC(=O)c3cc(Cl)ccc3Cl)cc2Cl)CC1. The van der Waals surface area contributed by atoms with Crippen molar-refractivity contribution in [2.75, 3.05) is 36.4 Å². The van der Waals surface area contributed by atoms with Crippen LogP contribution in [0.3, 0.4) is 0 Å². The summed E-state index contributed by atoms with van der Waals surface area (Å²) in [7, 11) is 0. The van der Waals surface area contributed by atoms with E-state index in [0.29, 0.717) is 52.5 Å². The molecule has 0 unspecified atom stereocenters. The highest BCUT2D eigenvalue weighted by Gasteiger charge is 2.24. The van der Waals surface area contributed by atoms with Crippen LogP contribution in [-0.4, -0.2) is 42.9 Å². The second-order valence-corrected chi connectivity index (χ2v) is 8.46. The van der Waals surface area contributed by atoms with Crippen LogP contribution in [0.1, 0.15) is 24.2 Å². The van der Waals surface area contributed by atoms with Crippen LogP contribution >= 0.6 is 34.8 Å². The van der Waals surface area contributed by atoms with Crippen molar-refractivity contribution in [3.63, 3.8) is 0 Å². The van der Waals surface area contributed by atoms with E-state index < -0.39 is 0 Å². The zero-order chi connectivity index (χ0) is 21.1. The van der Waals surface area contributed by atoms with Crippen molar-refractivity contribution in [1.29, 1.82) is 0 Å². The Morgan fingerprint density at radius 2 is 1.62 bits per heavy atom. The summed E-state index contributed by atoms with van der Waals surface area (Å²) in [4.78, 5) is 28.7. The molecular weight excluding hydrogens is 433 g/mol. The zero-order valence-corrected chi connectivity index (χ0v) is 18.5. The first-order valence-corrected chi connectivity index (χ1v) is 10.5. The largest absolute Gasteiger partial charge is 0.367 e. The average Bonchev–Trinajstić information content (AvgIpc) is 2.69. The van der Waals surface area contributed by atoms with Crippen molar-refractivity contribution in [3.05, 3.63) is 57.0 Å². The van der Waals surface area contributed by atoms with E-state index in [9.17, 15) is 9.59 Å². The van der Waals surface area contributed by atoms with E-state index >= 15 is 0 Å². The van der Waals surface area contributed by atoms with Crippen LogP contribution < -0.4 is 10.2 Å². The van der Waals surface area contributed by atoms with Gasteiger partial charge in [-0.15, -0.1) is 0 Å². The minimum Gasteiger partial charge on any atom is -0.367 e. The third-order valence-electron chi connectivity index (χ3n) is 4.80. The van der Waals surface area contributed by atoms with Crippen molar-refractivity contribution >= 4 is 58.0 Å². The summed E-state index contributed by atoms with van der Waals surface area (Å²) in [6, 6.07) is 10.1. The highest BCUT2D eigenvalue weighted by molar-refractivity contribution is 6.36. The Balaban J connectivity index is 1.67. The Kier molecular flexibility index (Phi) is 6.93. The molecule has 1 saturated heterocycles. The van der Waals surface area contributed by atoms with E-state index in [0.717, 1.165) is 5.69 Å². The lowest BCUT2D eigenvalue weighted by atomic mass is 10.1. The van der Waals surface area contributed by atoms with Crippen molar-refractivity contribution < 1.29 is 9.59 Å². The lowest BCUT2D eigenvalue weighted by molar-refractivity contribution is -0.134. The van der Waals surface area contributed by atoms with Crippen LogP contribution in [0, 0.1) is 5.92 Å². The molecular formula is C21H22Cl3N3O2. The molecule has 0 saturated carbocycles. The number of piperazine rings is 1. The molecule has 5 nitrogen and oxygen atoms in total. The minimum absolute atomic E-state index is 0.000956. The summed E-state index contributed by atoms with van der Waals surface area (Å²) in [6.45, 7) is 6.58. The predicted molar refractivity (Wildman–Crippen MR) is 119 cm³/mol. The molecule has 0 atom stereocenters. The van der Waals surface area contributed by atoms with Gasteiger partial charge in [0.1, 0.15) is 0 Å². The smallest absolute Gasteiger partial charge is 0.257 e. The Labute approximate surface area is 185 Å². The van der Waals surface area contributed by atoms with Crippen LogP contribution in [0.2, 0.25) is 15.1 Å². The average molecular weight is 455 g/mol. The van der Waals surface area contributed by atoms with E-state index in [1.54, 1.807) is 24.3 Å². The van der Waals surface area contributed by atoms with Crippen molar-refractivity contribution in [2.45, 2.75) is 13.8 Å². The van der Waals surface area contributed by atoms with Gasteiger partial charge in [0, 0.05) is 42.8 Å². The van der Waals surface area contributed by atoms with Gasteiger partial charge < -0.3 is 15.1 Å². The zero-order valence-electron chi connectivity index (χ0n) is 16.2. The number of carbonyl (C=O) groups excluding carboxylic acids is 2. The molecule has 2 amide bonds. The number of halogens is 3. The third-order valence-corrected chi connectivity index (χ3v) is 5.67. The second-order valence-electron chi connectivity index (χ2n) is 7.21. The molecule has 0 aliphatic carbocycles. The quantitative estimate of drug-likeness (QED) is 0.690. The Hall–Kier alpha value is -1.95. The molecule has 0 aromatic heterocycles.